The highest BCUT2D eigenvalue weighted by Gasteiger charge is 2.48. The number of nitrogens with zero attached hydrogens (tertiary/aromatic N) is 3. The van der Waals surface area contributed by atoms with Gasteiger partial charge in [-0.2, -0.15) is 5.10 Å². The molecule has 3 aliphatic rings. The van der Waals surface area contributed by atoms with E-state index in [9.17, 15) is 4.79 Å². The fourth-order valence-corrected chi connectivity index (χ4v) is 3.91. The molecule has 4 rings (SSSR count). The van der Waals surface area contributed by atoms with Gasteiger partial charge in [0.1, 0.15) is 5.69 Å². The van der Waals surface area contributed by atoms with Crippen LogP contribution in [0.2, 0.25) is 0 Å². The summed E-state index contributed by atoms with van der Waals surface area (Å²) < 4.78 is 7.50. The minimum atomic E-state index is -0.245. The van der Waals surface area contributed by atoms with Crippen LogP contribution in [0.3, 0.4) is 0 Å². The molecule has 0 spiro atoms. The third-order valence-electron chi connectivity index (χ3n) is 5.12. The van der Waals surface area contributed by atoms with Crippen molar-refractivity contribution >= 4 is 11.7 Å². The first-order valence-electron chi connectivity index (χ1n) is 8.24. The third-order valence-corrected chi connectivity index (χ3v) is 5.12. The van der Waals surface area contributed by atoms with E-state index in [2.05, 4.69) is 31.0 Å². The summed E-state index contributed by atoms with van der Waals surface area (Å²) in [6, 6.07) is 2.49. The lowest BCUT2D eigenvalue weighted by molar-refractivity contribution is 0.0782. The summed E-state index contributed by atoms with van der Waals surface area (Å²) in [5.41, 5.74) is 0.454. The topological polar surface area (TPSA) is 59.4 Å². The van der Waals surface area contributed by atoms with Crippen LogP contribution in [-0.4, -0.2) is 47.0 Å². The largest absolute Gasteiger partial charge is 0.377 e. The Labute approximate surface area is 130 Å². The first kappa shape index (κ1) is 14.1. The number of hydrogen-bond donors (Lipinski definition) is 1. The van der Waals surface area contributed by atoms with Gasteiger partial charge in [-0.25, -0.2) is 0 Å². The van der Waals surface area contributed by atoms with Gasteiger partial charge in [0, 0.05) is 12.6 Å². The molecule has 1 aromatic rings. The van der Waals surface area contributed by atoms with Crippen molar-refractivity contribution in [2.24, 2.45) is 5.92 Å². The van der Waals surface area contributed by atoms with E-state index in [0.717, 1.165) is 19.0 Å². The number of hydrogen-bond acceptors (Lipinski definition) is 4. The Morgan fingerprint density at radius 3 is 2.86 bits per heavy atom. The molecule has 0 unspecified atom stereocenters. The van der Waals surface area contributed by atoms with Crippen LogP contribution < -0.4 is 10.2 Å². The summed E-state index contributed by atoms with van der Waals surface area (Å²) in [5.74, 6) is 1.52. The number of morpholine rings is 1. The van der Waals surface area contributed by atoms with Crippen molar-refractivity contribution in [1.82, 2.24) is 15.1 Å². The van der Waals surface area contributed by atoms with E-state index in [1.165, 1.54) is 12.8 Å². The quantitative estimate of drug-likeness (QED) is 0.901. The molecule has 0 aromatic carbocycles. The van der Waals surface area contributed by atoms with Gasteiger partial charge in [0.05, 0.1) is 30.8 Å². The zero-order chi connectivity index (χ0) is 15.5. The number of anilines is 1. The van der Waals surface area contributed by atoms with Gasteiger partial charge in [-0.1, -0.05) is 0 Å². The molecular weight excluding hydrogens is 280 g/mol. The Morgan fingerprint density at radius 1 is 1.41 bits per heavy atom. The van der Waals surface area contributed by atoms with Gasteiger partial charge in [0.2, 0.25) is 0 Å². The van der Waals surface area contributed by atoms with Crippen LogP contribution in [0.25, 0.3) is 0 Å². The minimum Gasteiger partial charge on any atom is -0.377 e. The highest BCUT2D eigenvalue weighted by molar-refractivity contribution is 5.95. The Morgan fingerprint density at radius 2 is 2.18 bits per heavy atom. The van der Waals surface area contributed by atoms with Gasteiger partial charge in [-0.05, 0) is 39.5 Å². The van der Waals surface area contributed by atoms with Crippen LogP contribution in [0.4, 0.5) is 5.82 Å². The van der Waals surface area contributed by atoms with E-state index in [0.29, 0.717) is 24.3 Å². The summed E-state index contributed by atoms with van der Waals surface area (Å²) in [4.78, 5) is 14.7. The van der Waals surface area contributed by atoms with Crippen LogP contribution in [0.1, 0.15) is 50.1 Å². The van der Waals surface area contributed by atoms with Gasteiger partial charge in [-0.3, -0.25) is 9.48 Å². The lowest BCUT2D eigenvalue weighted by Gasteiger charge is -2.40. The molecule has 1 N–H and O–H groups in total. The number of aromatic nitrogens is 2. The highest BCUT2D eigenvalue weighted by atomic mass is 16.5. The molecule has 2 fully saturated rings. The number of fused-ring (bicyclic) bond motifs is 1. The predicted octanol–water partition coefficient (Wildman–Crippen LogP) is 1.58. The van der Waals surface area contributed by atoms with E-state index in [1.807, 2.05) is 10.7 Å². The van der Waals surface area contributed by atoms with E-state index in [1.54, 1.807) is 0 Å². The number of carbonyl (C=O) groups excluding carboxylic acids is 1. The molecular formula is C16H24N4O2. The molecule has 0 bridgehead atoms. The number of ether oxygens (including phenoxy) is 1. The van der Waals surface area contributed by atoms with Crippen LogP contribution in [0.5, 0.6) is 0 Å². The molecule has 0 radical (unpaired) electrons. The highest BCUT2D eigenvalue weighted by Crippen LogP contribution is 2.47. The van der Waals surface area contributed by atoms with Crippen LogP contribution >= 0.6 is 0 Å². The molecule has 120 valence electrons. The number of rotatable bonds is 2. The van der Waals surface area contributed by atoms with Crippen molar-refractivity contribution in [1.29, 1.82) is 0 Å². The molecule has 6 heteroatoms. The molecule has 1 saturated heterocycles. The van der Waals surface area contributed by atoms with Crippen molar-refractivity contribution in [3.05, 3.63) is 11.8 Å². The van der Waals surface area contributed by atoms with Crippen molar-refractivity contribution in [3.63, 3.8) is 0 Å². The number of amides is 1. The Balaban J connectivity index is 1.74. The van der Waals surface area contributed by atoms with Crippen molar-refractivity contribution < 1.29 is 9.53 Å². The van der Waals surface area contributed by atoms with Crippen molar-refractivity contribution in [3.8, 4) is 0 Å². The SMILES string of the molecule is C[C@@H]1COCCN1c1cc2n(n1)[C@H](C1CC1)C(C)(C)NC2=O. The maximum Gasteiger partial charge on any atom is 0.270 e. The normalized spacial score (nSPS) is 30.9. The van der Waals surface area contributed by atoms with Crippen LogP contribution in [-0.2, 0) is 4.74 Å². The molecule has 3 heterocycles. The van der Waals surface area contributed by atoms with Crippen molar-refractivity contribution in [2.45, 2.75) is 51.2 Å². The van der Waals surface area contributed by atoms with Gasteiger partial charge >= 0.3 is 0 Å². The molecule has 1 amide bonds. The zero-order valence-electron chi connectivity index (χ0n) is 13.5. The fraction of sp³-hybridized carbons (Fsp3) is 0.750. The molecule has 1 aromatic heterocycles. The average Bonchev–Trinajstić information content (AvgIpc) is 3.16. The summed E-state index contributed by atoms with van der Waals surface area (Å²) in [5, 5.41) is 8.01. The van der Waals surface area contributed by atoms with E-state index >= 15 is 0 Å². The van der Waals surface area contributed by atoms with Crippen molar-refractivity contribution in [2.75, 3.05) is 24.7 Å². The van der Waals surface area contributed by atoms with Gasteiger partial charge in [0.15, 0.2) is 5.82 Å². The monoisotopic (exact) mass is 304 g/mol. The molecule has 6 nitrogen and oxygen atoms in total. The first-order valence-corrected chi connectivity index (χ1v) is 8.24. The second kappa shape index (κ2) is 4.72. The fourth-order valence-electron chi connectivity index (χ4n) is 3.91. The lowest BCUT2D eigenvalue weighted by Crippen LogP contribution is -2.55. The summed E-state index contributed by atoms with van der Waals surface area (Å²) in [6.07, 6.45) is 2.46. The third kappa shape index (κ3) is 2.12. The van der Waals surface area contributed by atoms with E-state index in [-0.39, 0.29) is 17.5 Å². The molecule has 2 atom stereocenters. The Bertz CT molecular complexity index is 605. The smallest absolute Gasteiger partial charge is 0.270 e. The summed E-state index contributed by atoms with van der Waals surface area (Å²) >= 11 is 0. The summed E-state index contributed by atoms with van der Waals surface area (Å²) in [6.45, 7) is 8.61. The Hall–Kier alpha value is -1.56. The van der Waals surface area contributed by atoms with Gasteiger partial charge < -0.3 is 15.0 Å². The predicted molar refractivity (Wildman–Crippen MR) is 83.2 cm³/mol. The standard InChI is InChI=1S/C16H24N4O2/c1-10-9-22-7-6-19(10)13-8-12-15(21)17-16(2,3)14(11-4-5-11)20(12)18-13/h8,10-11,14H,4-7,9H2,1-3H3,(H,17,21)/t10-,14-/m1/s1. The second-order valence-electron chi connectivity index (χ2n) is 7.41. The lowest BCUT2D eigenvalue weighted by atomic mass is 9.88. The zero-order valence-corrected chi connectivity index (χ0v) is 13.5. The molecule has 2 aliphatic heterocycles. The first-order chi connectivity index (χ1) is 10.5. The average molecular weight is 304 g/mol. The van der Waals surface area contributed by atoms with Gasteiger partial charge in [0.25, 0.3) is 5.91 Å². The minimum absolute atomic E-state index is 0.0124. The maximum atomic E-state index is 12.5. The van der Waals surface area contributed by atoms with Gasteiger partial charge in [-0.15, -0.1) is 0 Å². The Kier molecular flexibility index (Phi) is 3.01. The summed E-state index contributed by atoms with van der Waals surface area (Å²) in [7, 11) is 0. The van der Waals surface area contributed by atoms with Crippen LogP contribution in [0, 0.1) is 5.92 Å². The molecule has 1 aliphatic carbocycles. The maximum absolute atomic E-state index is 12.5. The van der Waals surface area contributed by atoms with Crippen LogP contribution in [0.15, 0.2) is 6.07 Å². The molecule has 1 saturated carbocycles. The van der Waals surface area contributed by atoms with E-state index < -0.39 is 0 Å². The number of nitrogens with one attached hydrogen (secondary N) is 1. The van der Waals surface area contributed by atoms with E-state index in [4.69, 9.17) is 9.84 Å². The second-order valence-corrected chi connectivity index (χ2v) is 7.41. The molecule has 22 heavy (non-hydrogen) atoms. The number of carbonyl (C=O) groups is 1.